The van der Waals surface area contributed by atoms with E-state index in [4.69, 9.17) is 0 Å². The lowest BCUT2D eigenvalue weighted by molar-refractivity contribution is -0.135. The van der Waals surface area contributed by atoms with Gasteiger partial charge in [0.1, 0.15) is 0 Å². The van der Waals surface area contributed by atoms with Gasteiger partial charge in [-0.05, 0) is 26.7 Å². The summed E-state index contributed by atoms with van der Waals surface area (Å²) in [6, 6.07) is 0. The highest BCUT2D eigenvalue weighted by molar-refractivity contribution is 5.94. The van der Waals surface area contributed by atoms with Crippen LogP contribution in [0.1, 0.15) is 40.5 Å². The van der Waals surface area contributed by atoms with Crippen molar-refractivity contribution in [1.82, 2.24) is 0 Å². The molecule has 0 aromatic heterocycles. The molecule has 0 unspecified atom stereocenters. The van der Waals surface area contributed by atoms with Gasteiger partial charge in [-0.25, -0.2) is 9.59 Å². The van der Waals surface area contributed by atoms with E-state index < -0.39 is 12.1 Å². The zero-order chi connectivity index (χ0) is 11.8. The summed E-state index contributed by atoms with van der Waals surface area (Å²) in [4.78, 5) is 22.3. The molecule has 86 valence electrons. The van der Waals surface area contributed by atoms with Crippen LogP contribution in [-0.4, -0.2) is 18.7 Å². The lowest BCUT2D eigenvalue weighted by Crippen LogP contribution is -2.15. The minimum absolute atomic E-state index is 0.198. The van der Waals surface area contributed by atoms with Crippen molar-refractivity contribution in [1.29, 1.82) is 0 Å². The smallest absolute Gasteiger partial charge is 0.434 e. The molecule has 15 heavy (non-hydrogen) atoms. The minimum Gasteiger partial charge on any atom is -0.434 e. The first-order valence-electron chi connectivity index (χ1n) is 5.14. The summed E-state index contributed by atoms with van der Waals surface area (Å²) in [6.45, 7) is 7.42. The number of carbonyl (C=O) groups is 2. The Kier molecular flexibility index (Phi) is 6.42. The summed E-state index contributed by atoms with van der Waals surface area (Å²) in [5.74, 6) is -0.618. The zero-order valence-corrected chi connectivity index (χ0v) is 9.75. The van der Waals surface area contributed by atoms with E-state index in [1.807, 2.05) is 13.8 Å². The van der Waals surface area contributed by atoms with Crippen LogP contribution in [0.5, 0.6) is 0 Å². The molecule has 0 bridgehead atoms. The molecule has 0 saturated carbocycles. The van der Waals surface area contributed by atoms with Crippen LogP contribution in [-0.2, 0) is 14.3 Å². The number of rotatable bonds is 4. The Hall–Kier alpha value is -1.32. The SMILES string of the molecule is CCOC(=O)OC(=O)C(C)=C(CC)CC. The van der Waals surface area contributed by atoms with Crippen molar-refractivity contribution in [2.45, 2.75) is 40.5 Å². The molecule has 0 aliphatic heterocycles. The van der Waals surface area contributed by atoms with Crippen LogP contribution in [0.2, 0.25) is 0 Å². The molecule has 0 N–H and O–H groups in total. The first kappa shape index (κ1) is 13.7. The first-order chi connectivity index (χ1) is 7.06. The second-order valence-corrected chi connectivity index (χ2v) is 3.01. The Morgan fingerprint density at radius 1 is 1.07 bits per heavy atom. The van der Waals surface area contributed by atoms with Crippen molar-refractivity contribution in [3.05, 3.63) is 11.1 Å². The number of esters is 1. The van der Waals surface area contributed by atoms with Gasteiger partial charge in [-0.1, -0.05) is 19.4 Å². The number of carbonyl (C=O) groups excluding carboxylic acids is 2. The number of hydrogen-bond acceptors (Lipinski definition) is 4. The van der Waals surface area contributed by atoms with Crippen LogP contribution in [0, 0.1) is 0 Å². The van der Waals surface area contributed by atoms with E-state index in [-0.39, 0.29) is 6.61 Å². The average molecular weight is 214 g/mol. The Balaban J connectivity index is 4.44. The normalized spacial score (nSPS) is 9.33. The van der Waals surface area contributed by atoms with Crippen LogP contribution in [0.25, 0.3) is 0 Å². The van der Waals surface area contributed by atoms with Gasteiger partial charge >= 0.3 is 12.1 Å². The minimum atomic E-state index is -0.937. The molecule has 0 heterocycles. The highest BCUT2D eigenvalue weighted by Crippen LogP contribution is 2.13. The van der Waals surface area contributed by atoms with Crippen LogP contribution in [0.15, 0.2) is 11.1 Å². The number of allylic oxidation sites excluding steroid dienone is 1. The molecular weight excluding hydrogens is 196 g/mol. The van der Waals surface area contributed by atoms with Crippen LogP contribution >= 0.6 is 0 Å². The molecule has 0 aliphatic carbocycles. The second kappa shape index (κ2) is 7.04. The van der Waals surface area contributed by atoms with E-state index in [0.717, 1.165) is 18.4 Å². The van der Waals surface area contributed by atoms with Gasteiger partial charge in [0.2, 0.25) is 0 Å². The lowest BCUT2D eigenvalue weighted by Gasteiger charge is -2.07. The molecule has 4 nitrogen and oxygen atoms in total. The topological polar surface area (TPSA) is 52.6 Å². The molecule has 0 fully saturated rings. The fourth-order valence-corrected chi connectivity index (χ4v) is 1.22. The molecule has 0 radical (unpaired) electrons. The number of ether oxygens (including phenoxy) is 2. The summed E-state index contributed by atoms with van der Waals surface area (Å²) in [5, 5.41) is 0. The molecule has 0 atom stereocenters. The van der Waals surface area contributed by atoms with Gasteiger partial charge in [0.05, 0.1) is 6.61 Å². The maximum atomic E-state index is 11.4. The van der Waals surface area contributed by atoms with E-state index in [1.54, 1.807) is 13.8 Å². The first-order valence-corrected chi connectivity index (χ1v) is 5.14. The molecule has 0 aliphatic rings. The van der Waals surface area contributed by atoms with Gasteiger partial charge in [0.25, 0.3) is 0 Å². The lowest BCUT2D eigenvalue weighted by atomic mass is 10.1. The van der Waals surface area contributed by atoms with E-state index in [9.17, 15) is 9.59 Å². The van der Waals surface area contributed by atoms with Crippen LogP contribution < -0.4 is 0 Å². The van der Waals surface area contributed by atoms with E-state index in [0.29, 0.717) is 5.57 Å². The van der Waals surface area contributed by atoms with Crippen molar-refractivity contribution in [2.24, 2.45) is 0 Å². The second-order valence-electron chi connectivity index (χ2n) is 3.01. The van der Waals surface area contributed by atoms with Crippen molar-refractivity contribution < 1.29 is 19.1 Å². The van der Waals surface area contributed by atoms with E-state index in [2.05, 4.69) is 9.47 Å². The summed E-state index contributed by atoms with van der Waals surface area (Å²) in [6.07, 6.45) is 0.619. The summed E-state index contributed by atoms with van der Waals surface area (Å²) in [7, 11) is 0. The predicted octanol–water partition coefficient (Wildman–Crippen LogP) is 2.82. The molecule has 0 rings (SSSR count). The van der Waals surface area contributed by atoms with E-state index >= 15 is 0 Å². The van der Waals surface area contributed by atoms with E-state index in [1.165, 1.54) is 0 Å². The summed E-state index contributed by atoms with van der Waals surface area (Å²) in [5.41, 5.74) is 1.48. The summed E-state index contributed by atoms with van der Waals surface area (Å²) < 4.78 is 8.98. The predicted molar refractivity (Wildman–Crippen MR) is 56.4 cm³/mol. The standard InChI is InChI=1S/C11H18O4/c1-5-9(6-2)8(4)10(12)15-11(13)14-7-3/h5-7H2,1-4H3. The van der Waals surface area contributed by atoms with Gasteiger partial charge in [-0.3, -0.25) is 0 Å². The van der Waals surface area contributed by atoms with Gasteiger partial charge in [0, 0.05) is 5.57 Å². The van der Waals surface area contributed by atoms with Crippen molar-refractivity contribution in [3.8, 4) is 0 Å². The molecule has 0 saturated heterocycles. The van der Waals surface area contributed by atoms with Crippen LogP contribution in [0.3, 0.4) is 0 Å². The highest BCUT2D eigenvalue weighted by Gasteiger charge is 2.15. The van der Waals surface area contributed by atoms with Gasteiger partial charge in [-0.15, -0.1) is 0 Å². The molecule has 0 aromatic carbocycles. The zero-order valence-electron chi connectivity index (χ0n) is 9.75. The largest absolute Gasteiger partial charge is 0.516 e. The Morgan fingerprint density at radius 3 is 2.00 bits per heavy atom. The quantitative estimate of drug-likeness (QED) is 0.410. The van der Waals surface area contributed by atoms with Crippen molar-refractivity contribution >= 4 is 12.1 Å². The maximum absolute atomic E-state index is 11.4. The monoisotopic (exact) mass is 214 g/mol. The van der Waals surface area contributed by atoms with Gasteiger partial charge in [0.15, 0.2) is 0 Å². The maximum Gasteiger partial charge on any atom is 0.516 e. The number of hydrogen-bond donors (Lipinski definition) is 0. The van der Waals surface area contributed by atoms with Gasteiger partial charge in [-0.2, -0.15) is 0 Å². The molecular formula is C11H18O4. The fraction of sp³-hybridized carbons (Fsp3) is 0.636. The molecule has 0 amide bonds. The highest BCUT2D eigenvalue weighted by atomic mass is 16.7. The van der Waals surface area contributed by atoms with Crippen LogP contribution in [0.4, 0.5) is 4.79 Å². The molecule has 0 aromatic rings. The van der Waals surface area contributed by atoms with Crippen molar-refractivity contribution in [3.63, 3.8) is 0 Å². The van der Waals surface area contributed by atoms with Crippen molar-refractivity contribution in [2.75, 3.05) is 6.61 Å². The van der Waals surface area contributed by atoms with Gasteiger partial charge < -0.3 is 9.47 Å². The molecule has 4 heteroatoms. The third-order valence-electron chi connectivity index (χ3n) is 2.13. The molecule has 0 spiro atoms. The third kappa shape index (κ3) is 4.63. The summed E-state index contributed by atoms with van der Waals surface area (Å²) >= 11 is 0. The third-order valence-corrected chi connectivity index (χ3v) is 2.13. The Labute approximate surface area is 90.2 Å². The fourth-order valence-electron chi connectivity index (χ4n) is 1.22. The average Bonchev–Trinajstić information content (AvgIpc) is 2.19. The Morgan fingerprint density at radius 2 is 1.60 bits per heavy atom. The Bertz CT molecular complexity index is 260.